The molecule has 1 aliphatic heterocycles. The van der Waals surface area contributed by atoms with E-state index in [9.17, 15) is 9.59 Å². The highest BCUT2D eigenvalue weighted by Crippen LogP contribution is 2.11. The first-order chi connectivity index (χ1) is 8.56. The highest BCUT2D eigenvalue weighted by Gasteiger charge is 2.27. The number of aryl methyl sites for hydroxylation is 1. The average Bonchev–Trinajstić information content (AvgIpc) is 2.74. The number of imidazole rings is 1. The third-order valence-electron chi connectivity index (χ3n) is 2.75. The van der Waals surface area contributed by atoms with Crippen LogP contribution in [0.15, 0.2) is 12.5 Å². The van der Waals surface area contributed by atoms with E-state index in [4.69, 9.17) is 9.84 Å². The van der Waals surface area contributed by atoms with Gasteiger partial charge in [0.2, 0.25) is 0 Å². The van der Waals surface area contributed by atoms with E-state index >= 15 is 0 Å². The molecule has 1 saturated heterocycles. The zero-order valence-electron chi connectivity index (χ0n) is 10.1. The molecule has 1 aromatic heterocycles. The van der Waals surface area contributed by atoms with E-state index in [0.29, 0.717) is 25.4 Å². The first-order valence-electron chi connectivity index (χ1n) is 5.67. The maximum absolute atomic E-state index is 12.1. The van der Waals surface area contributed by atoms with Gasteiger partial charge < -0.3 is 19.3 Å². The summed E-state index contributed by atoms with van der Waals surface area (Å²) in [6, 6.07) is 0. The lowest BCUT2D eigenvalue weighted by Gasteiger charge is -2.31. The van der Waals surface area contributed by atoms with Crippen LogP contribution in [0.25, 0.3) is 0 Å². The van der Waals surface area contributed by atoms with Crippen molar-refractivity contribution >= 4 is 11.9 Å². The van der Waals surface area contributed by atoms with E-state index in [2.05, 4.69) is 4.98 Å². The summed E-state index contributed by atoms with van der Waals surface area (Å²) < 4.78 is 7.01. The number of aromatic nitrogens is 2. The summed E-state index contributed by atoms with van der Waals surface area (Å²) in [5, 5.41) is 8.71. The first kappa shape index (κ1) is 12.6. The lowest BCUT2D eigenvalue weighted by molar-refractivity contribution is -0.141. The SMILES string of the molecule is Cn1cnc(C(=O)N2CCOC(CC(=O)O)C2)c1. The molecule has 7 nitrogen and oxygen atoms in total. The van der Waals surface area contributed by atoms with Gasteiger partial charge in [0, 0.05) is 26.3 Å². The third-order valence-corrected chi connectivity index (χ3v) is 2.75. The molecule has 7 heteroatoms. The lowest BCUT2D eigenvalue weighted by Crippen LogP contribution is -2.46. The topological polar surface area (TPSA) is 84.7 Å². The molecule has 98 valence electrons. The number of amides is 1. The summed E-state index contributed by atoms with van der Waals surface area (Å²) in [5.74, 6) is -1.11. The number of morpholine rings is 1. The molecule has 1 fully saturated rings. The Bertz CT molecular complexity index is 457. The number of hydrogen-bond acceptors (Lipinski definition) is 4. The van der Waals surface area contributed by atoms with E-state index in [1.54, 1.807) is 29.0 Å². The third kappa shape index (κ3) is 2.86. The summed E-state index contributed by atoms with van der Waals surface area (Å²) in [6.07, 6.45) is 2.67. The molecular weight excluding hydrogens is 238 g/mol. The molecule has 0 aliphatic carbocycles. The number of rotatable bonds is 3. The lowest BCUT2D eigenvalue weighted by atomic mass is 10.2. The molecule has 1 aliphatic rings. The molecule has 2 heterocycles. The van der Waals surface area contributed by atoms with E-state index in [1.165, 1.54) is 0 Å². The summed E-state index contributed by atoms with van der Waals surface area (Å²) in [4.78, 5) is 28.3. The van der Waals surface area contributed by atoms with E-state index in [1.807, 2.05) is 0 Å². The molecule has 1 N–H and O–H groups in total. The molecule has 0 saturated carbocycles. The van der Waals surface area contributed by atoms with Gasteiger partial charge in [-0.15, -0.1) is 0 Å². The normalized spacial score (nSPS) is 19.8. The summed E-state index contributed by atoms with van der Waals surface area (Å²) in [5.41, 5.74) is 0.369. The van der Waals surface area contributed by atoms with Crippen molar-refractivity contribution in [3.63, 3.8) is 0 Å². The number of carbonyl (C=O) groups excluding carboxylic acids is 1. The maximum atomic E-state index is 12.1. The molecule has 1 unspecified atom stereocenters. The molecule has 0 spiro atoms. The van der Waals surface area contributed by atoms with Crippen molar-refractivity contribution in [3.8, 4) is 0 Å². The van der Waals surface area contributed by atoms with Crippen molar-refractivity contribution < 1.29 is 19.4 Å². The highest BCUT2D eigenvalue weighted by atomic mass is 16.5. The van der Waals surface area contributed by atoms with Gasteiger partial charge in [0.05, 0.1) is 25.5 Å². The molecule has 18 heavy (non-hydrogen) atoms. The minimum absolute atomic E-state index is 0.0913. The van der Waals surface area contributed by atoms with Crippen molar-refractivity contribution in [2.75, 3.05) is 19.7 Å². The fourth-order valence-electron chi connectivity index (χ4n) is 1.91. The fraction of sp³-hybridized carbons (Fsp3) is 0.545. The van der Waals surface area contributed by atoms with Crippen LogP contribution in [0, 0.1) is 0 Å². The molecule has 0 bridgehead atoms. The molecule has 1 atom stereocenters. The van der Waals surface area contributed by atoms with E-state index in [0.717, 1.165) is 0 Å². The van der Waals surface area contributed by atoms with Gasteiger partial charge >= 0.3 is 5.97 Å². The smallest absolute Gasteiger partial charge is 0.306 e. The van der Waals surface area contributed by atoms with Crippen molar-refractivity contribution in [2.45, 2.75) is 12.5 Å². The highest BCUT2D eigenvalue weighted by molar-refractivity contribution is 5.92. The van der Waals surface area contributed by atoms with Crippen LogP contribution in [0.4, 0.5) is 0 Å². The van der Waals surface area contributed by atoms with Crippen LogP contribution in [0.1, 0.15) is 16.9 Å². The first-order valence-corrected chi connectivity index (χ1v) is 5.67. The van der Waals surface area contributed by atoms with Crippen molar-refractivity contribution in [1.29, 1.82) is 0 Å². The fourth-order valence-corrected chi connectivity index (χ4v) is 1.91. The van der Waals surface area contributed by atoms with Gasteiger partial charge in [0.1, 0.15) is 5.69 Å². The van der Waals surface area contributed by atoms with Crippen LogP contribution >= 0.6 is 0 Å². The van der Waals surface area contributed by atoms with E-state index < -0.39 is 12.1 Å². The number of carbonyl (C=O) groups is 2. The van der Waals surface area contributed by atoms with Crippen molar-refractivity contribution in [2.24, 2.45) is 7.05 Å². The van der Waals surface area contributed by atoms with Gasteiger partial charge in [-0.2, -0.15) is 0 Å². The van der Waals surface area contributed by atoms with Gasteiger partial charge in [-0.25, -0.2) is 4.98 Å². The summed E-state index contributed by atoms with van der Waals surface area (Å²) in [7, 11) is 1.79. The molecule has 2 rings (SSSR count). The monoisotopic (exact) mass is 253 g/mol. The second kappa shape index (κ2) is 5.18. The van der Waals surface area contributed by atoms with Crippen LogP contribution in [-0.4, -0.2) is 57.2 Å². The van der Waals surface area contributed by atoms with Crippen LogP contribution in [0.3, 0.4) is 0 Å². The Balaban J connectivity index is 2.00. The van der Waals surface area contributed by atoms with Gasteiger partial charge in [0.25, 0.3) is 5.91 Å². The Morgan fingerprint density at radius 2 is 2.39 bits per heavy atom. The van der Waals surface area contributed by atoms with Gasteiger partial charge in [-0.3, -0.25) is 9.59 Å². The van der Waals surface area contributed by atoms with Gasteiger partial charge in [-0.1, -0.05) is 0 Å². The minimum Gasteiger partial charge on any atom is -0.481 e. The van der Waals surface area contributed by atoms with Crippen LogP contribution in [0.2, 0.25) is 0 Å². The number of carboxylic acid groups (broad SMARTS) is 1. The average molecular weight is 253 g/mol. The standard InChI is InChI=1S/C11H15N3O4/c1-13-6-9(12-7-13)11(17)14-2-3-18-8(5-14)4-10(15)16/h6-8H,2-5H2,1H3,(H,15,16). The minimum atomic E-state index is -0.924. The second-order valence-corrected chi connectivity index (χ2v) is 4.27. The zero-order chi connectivity index (χ0) is 13.1. The van der Waals surface area contributed by atoms with E-state index in [-0.39, 0.29) is 12.3 Å². The number of carboxylic acids is 1. The molecule has 1 aromatic rings. The Hall–Kier alpha value is -1.89. The maximum Gasteiger partial charge on any atom is 0.306 e. The molecule has 1 amide bonds. The Morgan fingerprint density at radius 3 is 3.00 bits per heavy atom. The largest absolute Gasteiger partial charge is 0.481 e. The molecule has 0 aromatic carbocycles. The number of ether oxygens (including phenoxy) is 1. The Morgan fingerprint density at radius 1 is 1.61 bits per heavy atom. The van der Waals surface area contributed by atoms with Crippen molar-refractivity contribution in [3.05, 3.63) is 18.2 Å². The summed E-state index contributed by atoms with van der Waals surface area (Å²) >= 11 is 0. The van der Waals surface area contributed by atoms with Crippen LogP contribution in [-0.2, 0) is 16.6 Å². The number of nitrogens with zero attached hydrogens (tertiary/aromatic N) is 3. The van der Waals surface area contributed by atoms with Crippen molar-refractivity contribution in [1.82, 2.24) is 14.5 Å². The predicted octanol–water partition coefficient (Wildman–Crippen LogP) is -0.264. The number of aliphatic carboxylic acids is 1. The van der Waals surface area contributed by atoms with Crippen LogP contribution in [0.5, 0.6) is 0 Å². The van der Waals surface area contributed by atoms with Gasteiger partial charge in [-0.05, 0) is 0 Å². The predicted molar refractivity (Wildman–Crippen MR) is 61.1 cm³/mol. The Kier molecular flexibility index (Phi) is 3.61. The molecule has 0 radical (unpaired) electrons. The van der Waals surface area contributed by atoms with Crippen LogP contribution < -0.4 is 0 Å². The zero-order valence-corrected chi connectivity index (χ0v) is 10.1. The quantitative estimate of drug-likeness (QED) is 0.802. The Labute approximate surface area is 104 Å². The molecular formula is C11H15N3O4. The van der Waals surface area contributed by atoms with Gasteiger partial charge in [0.15, 0.2) is 0 Å². The second-order valence-electron chi connectivity index (χ2n) is 4.27. The summed E-state index contributed by atoms with van der Waals surface area (Å²) in [6.45, 7) is 1.11. The number of hydrogen-bond donors (Lipinski definition) is 1.